The molecule has 1 aliphatic heterocycles. The number of carbonyl (C=O) groups excluding carboxylic acids is 1. The van der Waals surface area contributed by atoms with Crippen molar-refractivity contribution in [1.29, 1.82) is 0 Å². The lowest BCUT2D eigenvalue weighted by Crippen LogP contribution is -2.35. The number of nitrogens with zero attached hydrogens (tertiary/aromatic N) is 1. The van der Waals surface area contributed by atoms with E-state index in [1.807, 2.05) is 26.8 Å². The molecule has 1 fully saturated rings. The van der Waals surface area contributed by atoms with Crippen molar-refractivity contribution in [3.05, 3.63) is 12.7 Å². The van der Waals surface area contributed by atoms with Gasteiger partial charge in [0.2, 0.25) is 0 Å². The second kappa shape index (κ2) is 4.69. The largest absolute Gasteiger partial charge is 0.444 e. The Bertz CT molecular complexity index is 242. The van der Waals surface area contributed by atoms with Crippen LogP contribution in [0.2, 0.25) is 0 Å². The first-order valence-corrected chi connectivity index (χ1v) is 5.51. The van der Waals surface area contributed by atoms with E-state index in [0.717, 1.165) is 25.9 Å². The third kappa shape index (κ3) is 3.94. The molecule has 1 aliphatic rings. The molecular formula is C12H21NO2. The van der Waals surface area contributed by atoms with Crippen LogP contribution in [0.25, 0.3) is 0 Å². The lowest BCUT2D eigenvalue weighted by Gasteiger charge is -2.24. The van der Waals surface area contributed by atoms with Gasteiger partial charge in [-0.25, -0.2) is 4.79 Å². The predicted molar refractivity (Wildman–Crippen MR) is 60.7 cm³/mol. The van der Waals surface area contributed by atoms with Gasteiger partial charge in [0, 0.05) is 13.1 Å². The van der Waals surface area contributed by atoms with Gasteiger partial charge in [-0.2, -0.15) is 0 Å². The van der Waals surface area contributed by atoms with Gasteiger partial charge < -0.3 is 9.64 Å². The van der Waals surface area contributed by atoms with E-state index in [0.29, 0.717) is 5.92 Å². The van der Waals surface area contributed by atoms with Crippen molar-refractivity contribution in [1.82, 2.24) is 4.90 Å². The minimum Gasteiger partial charge on any atom is -0.444 e. The number of ether oxygens (including phenoxy) is 1. The molecule has 1 saturated heterocycles. The van der Waals surface area contributed by atoms with Gasteiger partial charge in [0.1, 0.15) is 5.60 Å². The zero-order valence-electron chi connectivity index (χ0n) is 9.95. The zero-order chi connectivity index (χ0) is 11.5. The molecule has 0 aromatic carbocycles. The maximum absolute atomic E-state index is 11.7. The molecule has 0 saturated carbocycles. The van der Waals surface area contributed by atoms with Crippen LogP contribution in [-0.2, 0) is 4.74 Å². The number of carbonyl (C=O) groups is 1. The first kappa shape index (κ1) is 12.1. The average Bonchev–Trinajstić information content (AvgIpc) is 2.50. The summed E-state index contributed by atoms with van der Waals surface area (Å²) in [6, 6.07) is 0. The number of hydrogen-bond acceptors (Lipinski definition) is 2. The smallest absolute Gasteiger partial charge is 0.410 e. The van der Waals surface area contributed by atoms with Crippen molar-refractivity contribution < 1.29 is 9.53 Å². The van der Waals surface area contributed by atoms with Gasteiger partial charge in [-0.1, -0.05) is 6.08 Å². The molecule has 15 heavy (non-hydrogen) atoms. The molecule has 1 amide bonds. The third-order valence-corrected chi connectivity index (χ3v) is 2.44. The monoisotopic (exact) mass is 211 g/mol. The zero-order valence-corrected chi connectivity index (χ0v) is 9.95. The van der Waals surface area contributed by atoms with Crippen LogP contribution in [0.5, 0.6) is 0 Å². The van der Waals surface area contributed by atoms with E-state index in [-0.39, 0.29) is 6.09 Å². The van der Waals surface area contributed by atoms with Crippen LogP contribution < -0.4 is 0 Å². The van der Waals surface area contributed by atoms with E-state index in [4.69, 9.17) is 4.74 Å². The molecule has 1 heterocycles. The average molecular weight is 211 g/mol. The van der Waals surface area contributed by atoms with E-state index in [1.54, 1.807) is 4.90 Å². The second-order valence-electron chi connectivity index (χ2n) is 5.11. The van der Waals surface area contributed by atoms with E-state index in [1.165, 1.54) is 0 Å². The fourth-order valence-corrected chi connectivity index (χ4v) is 1.75. The number of allylic oxidation sites excluding steroid dienone is 1. The van der Waals surface area contributed by atoms with Crippen molar-refractivity contribution in [2.45, 2.75) is 39.2 Å². The van der Waals surface area contributed by atoms with E-state index in [2.05, 4.69) is 6.58 Å². The van der Waals surface area contributed by atoms with Crippen LogP contribution in [0.1, 0.15) is 33.6 Å². The SMILES string of the molecule is C=CC[C@H]1CCN(C(=O)OC(C)(C)C)C1. The summed E-state index contributed by atoms with van der Waals surface area (Å²) >= 11 is 0. The lowest BCUT2D eigenvalue weighted by molar-refractivity contribution is 0.0288. The minimum atomic E-state index is -0.395. The highest BCUT2D eigenvalue weighted by molar-refractivity contribution is 5.68. The summed E-state index contributed by atoms with van der Waals surface area (Å²) in [5, 5.41) is 0. The highest BCUT2D eigenvalue weighted by Gasteiger charge is 2.28. The van der Waals surface area contributed by atoms with Gasteiger partial charge in [0.25, 0.3) is 0 Å². The molecule has 86 valence electrons. The number of rotatable bonds is 2. The quantitative estimate of drug-likeness (QED) is 0.657. The molecule has 0 aromatic heterocycles. The standard InChI is InChI=1S/C12H21NO2/c1-5-6-10-7-8-13(9-10)11(14)15-12(2,3)4/h5,10H,1,6-9H2,2-4H3/t10-/m0/s1. The second-order valence-corrected chi connectivity index (χ2v) is 5.11. The minimum absolute atomic E-state index is 0.186. The Hall–Kier alpha value is -0.990. The number of amides is 1. The summed E-state index contributed by atoms with van der Waals surface area (Å²) in [6.07, 6.45) is 3.78. The van der Waals surface area contributed by atoms with Crippen LogP contribution in [0.3, 0.4) is 0 Å². The molecule has 1 rings (SSSR count). The molecule has 1 atom stereocenters. The normalized spacial score (nSPS) is 21.5. The Labute approximate surface area is 92.1 Å². The Morgan fingerprint density at radius 1 is 1.60 bits per heavy atom. The molecular weight excluding hydrogens is 190 g/mol. The summed E-state index contributed by atoms with van der Waals surface area (Å²) in [5.41, 5.74) is -0.395. The fraction of sp³-hybridized carbons (Fsp3) is 0.750. The van der Waals surface area contributed by atoms with Gasteiger partial charge in [-0.15, -0.1) is 6.58 Å². The molecule has 0 unspecified atom stereocenters. The Balaban J connectivity index is 2.40. The van der Waals surface area contributed by atoms with E-state index < -0.39 is 5.60 Å². The topological polar surface area (TPSA) is 29.5 Å². The van der Waals surface area contributed by atoms with E-state index >= 15 is 0 Å². The Morgan fingerprint density at radius 3 is 2.80 bits per heavy atom. The van der Waals surface area contributed by atoms with Crippen LogP contribution in [-0.4, -0.2) is 29.7 Å². The van der Waals surface area contributed by atoms with Crippen molar-refractivity contribution >= 4 is 6.09 Å². The summed E-state index contributed by atoms with van der Waals surface area (Å²) in [5.74, 6) is 0.565. The van der Waals surface area contributed by atoms with Gasteiger partial charge in [0.15, 0.2) is 0 Å². The van der Waals surface area contributed by atoms with Crippen molar-refractivity contribution in [2.75, 3.05) is 13.1 Å². The molecule has 0 aliphatic carbocycles. The lowest BCUT2D eigenvalue weighted by atomic mass is 10.1. The van der Waals surface area contributed by atoms with Crippen molar-refractivity contribution in [3.63, 3.8) is 0 Å². The molecule has 3 heteroatoms. The van der Waals surface area contributed by atoms with Gasteiger partial charge in [-0.3, -0.25) is 0 Å². The van der Waals surface area contributed by atoms with Gasteiger partial charge >= 0.3 is 6.09 Å². The molecule has 0 N–H and O–H groups in total. The first-order chi connectivity index (χ1) is 6.92. The van der Waals surface area contributed by atoms with Gasteiger partial charge in [-0.05, 0) is 39.5 Å². The highest BCUT2D eigenvalue weighted by atomic mass is 16.6. The molecule has 0 spiro atoms. The van der Waals surface area contributed by atoms with Gasteiger partial charge in [0.05, 0.1) is 0 Å². The van der Waals surface area contributed by atoms with Crippen LogP contribution >= 0.6 is 0 Å². The van der Waals surface area contributed by atoms with Crippen LogP contribution in [0.15, 0.2) is 12.7 Å². The molecule has 0 radical (unpaired) electrons. The number of likely N-dealkylation sites (tertiary alicyclic amines) is 1. The van der Waals surface area contributed by atoms with E-state index in [9.17, 15) is 4.79 Å². The maximum atomic E-state index is 11.7. The highest BCUT2D eigenvalue weighted by Crippen LogP contribution is 2.21. The molecule has 3 nitrogen and oxygen atoms in total. The van der Waals surface area contributed by atoms with Crippen molar-refractivity contribution in [2.24, 2.45) is 5.92 Å². The third-order valence-electron chi connectivity index (χ3n) is 2.44. The van der Waals surface area contributed by atoms with Crippen LogP contribution in [0.4, 0.5) is 4.79 Å². The number of hydrogen-bond donors (Lipinski definition) is 0. The van der Waals surface area contributed by atoms with Crippen LogP contribution in [0, 0.1) is 5.92 Å². The molecule has 0 aromatic rings. The summed E-state index contributed by atoms with van der Waals surface area (Å²) in [6.45, 7) is 11.0. The first-order valence-electron chi connectivity index (χ1n) is 5.51. The fourth-order valence-electron chi connectivity index (χ4n) is 1.75. The Kier molecular flexibility index (Phi) is 3.77. The predicted octanol–water partition coefficient (Wildman–Crippen LogP) is 2.82. The summed E-state index contributed by atoms with van der Waals surface area (Å²) in [7, 11) is 0. The summed E-state index contributed by atoms with van der Waals surface area (Å²) in [4.78, 5) is 13.5. The Morgan fingerprint density at radius 2 is 2.27 bits per heavy atom. The molecule has 0 bridgehead atoms. The maximum Gasteiger partial charge on any atom is 0.410 e. The van der Waals surface area contributed by atoms with Crippen molar-refractivity contribution in [3.8, 4) is 0 Å². The summed E-state index contributed by atoms with van der Waals surface area (Å²) < 4.78 is 5.31.